The van der Waals surface area contributed by atoms with Crippen LogP contribution in [0.1, 0.15) is 155 Å². The molecule has 48 heavy (non-hydrogen) atoms. The lowest BCUT2D eigenvalue weighted by Crippen LogP contribution is -2.44. The average molecular weight is 664 g/mol. The zero-order valence-corrected chi connectivity index (χ0v) is 31.0. The minimum Gasteiger partial charge on any atom is -0.394 e. The molecule has 1 amide bonds. The van der Waals surface area contributed by atoms with Gasteiger partial charge in [0.05, 0.1) is 18.8 Å². The highest BCUT2D eigenvalue weighted by molar-refractivity contribution is 5.77. The smallest absolute Gasteiger partial charge is 0.224 e. The lowest BCUT2D eigenvalue weighted by molar-refractivity contribution is -0.122. The van der Waals surface area contributed by atoms with Crippen molar-refractivity contribution in [3.63, 3.8) is 0 Å². The van der Waals surface area contributed by atoms with Crippen molar-refractivity contribution < 1.29 is 15.0 Å². The van der Waals surface area contributed by atoms with Crippen LogP contribution in [-0.4, -0.2) is 34.9 Å². The molecule has 2 atom stereocenters. The fourth-order valence-electron chi connectivity index (χ4n) is 5.10. The highest BCUT2D eigenvalue weighted by Crippen LogP contribution is 2.12. The van der Waals surface area contributed by atoms with E-state index in [2.05, 4.69) is 92.1 Å². The Balaban J connectivity index is 3.84. The first-order valence-corrected chi connectivity index (χ1v) is 19.5. The van der Waals surface area contributed by atoms with Gasteiger partial charge in [0.2, 0.25) is 5.91 Å². The van der Waals surface area contributed by atoms with Gasteiger partial charge in [0.25, 0.3) is 0 Å². The van der Waals surface area contributed by atoms with Crippen LogP contribution in [-0.2, 0) is 4.79 Å². The predicted molar refractivity (Wildman–Crippen MR) is 211 cm³/mol. The van der Waals surface area contributed by atoms with Crippen LogP contribution in [0.25, 0.3) is 0 Å². The second-order valence-corrected chi connectivity index (χ2v) is 12.6. The Kier molecular flexibility index (Phi) is 36.6. The van der Waals surface area contributed by atoms with Gasteiger partial charge in [0, 0.05) is 6.42 Å². The fraction of sp³-hybridized carbons (Fsp3) is 0.614. The molecule has 0 bridgehead atoms. The molecule has 272 valence electrons. The molecule has 0 rings (SSSR count). The van der Waals surface area contributed by atoms with Gasteiger partial charge in [-0.25, -0.2) is 0 Å². The molecule has 0 aromatic carbocycles. The summed E-state index contributed by atoms with van der Waals surface area (Å²) in [6.45, 7) is 4.11. The van der Waals surface area contributed by atoms with E-state index in [1.165, 1.54) is 77.0 Å². The van der Waals surface area contributed by atoms with Gasteiger partial charge in [-0.05, 0) is 70.6 Å². The molecule has 4 heteroatoms. The summed E-state index contributed by atoms with van der Waals surface area (Å²) in [6, 6.07) is -0.705. The molecule has 0 saturated heterocycles. The summed E-state index contributed by atoms with van der Waals surface area (Å²) in [5.41, 5.74) is 0. The molecule has 0 saturated carbocycles. The predicted octanol–water partition coefficient (Wildman–Crippen LogP) is 11.9. The first kappa shape index (κ1) is 45.3. The molecule has 0 aliphatic carbocycles. The van der Waals surface area contributed by atoms with Gasteiger partial charge in [-0.3, -0.25) is 4.79 Å². The standard InChI is InChI=1S/C44H73NO3/c1-3-5-7-9-11-13-15-17-19-20-21-22-23-24-26-27-29-31-33-35-37-39-43(47)42(41-46)45-44(48)40-38-36-34-32-30-28-25-18-16-14-12-10-8-6-4-2/h6,8,12,14,18,23-25,29-32,36-39,42-43,46-47H,3-5,7,9-11,13,15-17,19-22,26-28,33-35,40-41H2,1-2H3,(H,45,48)/b8-6-,14-12-,24-23+,25-18-,31-29+,32-30-,38-36-,39-37+. The molecule has 0 aromatic heterocycles. The van der Waals surface area contributed by atoms with Crippen molar-refractivity contribution in [3.8, 4) is 0 Å². The quantitative estimate of drug-likeness (QED) is 0.0483. The molecule has 0 heterocycles. The van der Waals surface area contributed by atoms with Crippen LogP contribution in [0.4, 0.5) is 0 Å². The molecule has 0 aliphatic heterocycles. The van der Waals surface area contributed by atoms with E-state index < -0.39 is 12.1 Å². The zero-order valence-electron chi connectivity index (χ0n) is 31.0. The third-order valence-electron chi connectivity index (χ3n) is 8.06. The van der Waals surface area contributed by atoms with Crippen molar-refractivity contribution in [2.75, 3.05) is 6.61 Å². The molecular formula is C44H73NO3. The Morgan fingerprint density at radius 1 is 0.521 bits per heavy atom. The number of carbonyl (C=O) groups excluding carboxylic acids is 1. The van der Waals surface area contributed by atoms with Crippen LogP contribution >= 0.6 is 0 Å². The van der Waals surface area contributed by atoms with Gasteiger partial charge in [0.15, 0.2) is 0 Å². The summed E-state index contributed by atoms with van der Waals surface area (Å²) in [5, 5.41) is 22.8. The number of nitrogens with one attached hydrogen (secondary N) is 1. The van der Waals surface area contributed by atoms with Crippen molar-refractivity contribution in [3.05, 3.63) is 97.2 Å². The van der Waals surface area contributed by atoms with Crippen molar-refractivity contribution in [1.82, 2.24) is 5.32 Å². The fourth-order valence-corrected chi connectivity index (χ4v) is 5.10. The van der Waals surface area contributed by atoms with Crippen molar-refractivity contribution >= 4 is 5.91 Å². The number of carbonyl (C=O) groups is 1. The summed E-state index contributed by atoms with van der Waals surface area (Å²) in [4.78, 5) is 12.3. The second-order valence-electron chi connectivity index (χ2n) is 12.6. The van der Waals surface area contributed by atoms with Gasteiger partial charge in [-0.1, -0.05) is 175 Å². The minimum absolute atomic E-state index is 0.210. The first-order valence-electron chi connectivity index (χ1n) is 19.5. The van der Waals surface area contributed by atoms with E-state index in [-0.39, 0.29) is 18.9 Å². The molecule has 0 aromatic rings. The Bertz CT molecular complexity index is 937. The van der Waals surface area contributed by atoms with Gasteiger partial charge in [-0.2, -0.15) is 0 Å². The Hall–Kier alpha value is -2.69. The highest BCUT2D eigenvalue weighted by atomic mass is 16.3. The van der Waals surface area contributed by atoms with Gasteiger partial charge >= 0.3 is 0 Å². The van der Waals surface area contributed by atoms with E-state index in [0.29, 0.717) is 0 Å². The topological polar surface area (TPSA) is 69.6 Å². The molecule has 2 unspecified atom stereocenters. The molecule has 4 nitrogen and oxygen atoms in total. The average Bonchev–Trinajstić information content (AvgIpc) is 3.09. The van der Waals surface area contributed by atoms with E-state index in [4.69, 9.17) is 0 Å². The molecule has 3 N–H and O–H groups in total. The molecule has 0 fully saturated rings. The summed E-state index contributed by atoms with van der Waals surface area (Å²) in [5.74, 6) is -0.210. The Morgan fingerprint density at radius 3 is 1.42 bits per heavy atom. The van der Waals surface area contributed by atoms with E-state index >= 15 is 0 Å². The monoisotopic (exact) mass is 664 g/mol. The second kappa shape index (κ2) is 38.8. The third kappa shape index (κ3) is 34.6. The summed E-state index contributed by atoms with van der Waals surface area (Å²) in [7, 11) is 0. The molecular weight excluding hydrogens is 590 g/mol. The number of rotatable bonds is 33. The number of hydrogen-bond acceptors (Lipinski definition) is 3. The summed E-state index contributed by atoms with van der Waals surface area (Å²) in [6.07, 6.45) is 58.1. The van der Waals surface area contributed by atoms with Gasteiger partial charge < -0.3 is 15.5 Å². The number of amides is 1. The van der Waals surface area contributed by atoms with Crippen LogP contribution in [0.5, 0.6) is 0 Å². The number of hydrogen-bond donors (Lipinski definition) is 3. The van der Waals surface area contributed by atoms with E-state index in [0.717, 1.165) is 57.8 Å². The number of aliphatic hydroxyl groups is 2. The normalized spacial score (nSPS) is 14.2. The Morgan fingerprint density at radius 2 is 0.938 bits per heavy atom. The maximum absolute atomic E-state index is 12.3. The van der Waals surface area contributed by atoms with Crippen LogP contribution in [0.15, 0.2) is 97.2 Å². The van der Waals surface area contributed by atoms with Crippen molar-refractivity contribution in [2.45, 2.75) is 167 Å². The number of unbranched alkanes of at least 4 members (excludes halogenated alkanes) is 13. The highest BCUT2D eigenvalue weighted by Gasteiger charge is 2.17. The summed E-state index contributed by atoms with van der Waals surface area (Å²) < 4.78 is 0. The summed E-state index contributed by atoms with van der Waals surface area (Å²) >= 11 is 0. The van der Waals surface area contributed by atoms with Crippen LogP contribution < -0.4 is 5.32 Å². The molecule has 0 aliphatic rings. The SMILES string of the molecule is CC/C=C\C/C=C\C/C=C\C/C=C\C/C=C\CC(=O)NC(CO)C(O)/C=C/CC/C=C/CC/C=C/CCCCCCCCCCCCC. The van der Waals surface area contributed by atoms with Crippen LogP contribution in [0, 0.1) is 0 Å². The van der Waals surface area contributed by atoms with E-state index in [9.17, 15) is 15.0 Å². The van der Waals surface area contributed by atoms with Crippen LogP contribution in [0.2, 0.25) is 0 Å². The van der Waals surface area contributed by atoms with E-state index in [1.54, 1.807) is 6.08 Å². The zero-order chi connectivity index (χ0) is 35.0. The lowest BCUT2D eigenvalue weighted by atomic mass is 10.1. The lowest BCUT2D eigenvalue weighted by Gasteiger charge is -2.19. The minimum atomic E-state index is -0.915. The Labute approximate surface area is 296 Å². The van der Waals surface area contributed by atoms with Crippen molar-refractivity contribution in [1.29, 1.82) is 0 Å². The van der Waals surface area contributed by atoms with Gasteiger partial charge in [-0.15, -0.1) is 0 Å². The van der Waals surface area contributed by atoms with Crippen LogP contribution in [0.3, 0.4) is 0 Å². The maximum Gasteiger partial charge on any atom is 0.224 e. The van der Waals surface area contributed by atoms with Gasteiger partial charge in [0.1, 0.15) is 0 Å². The molecule has 0 spiro atoms. The molecule has 0 radical (unpaired) electrons. The maximum atomic E-state index is 12.3. The van der Waals surface area contributed by atoms with E-state index in [1.807, 2.05) is 18.2 Å². The number of aliphatic hydroxyl groups excluding tert-OH is 2. The largest absolute Gasteiger partial charge is 0.394 e. The first-order chi connectivity index (χ1) is 23.7. The third-order valence-corrected chi connectivity index (χ3v) is 8.06. The number of allylic oxidation sites excluding steroid dienone is 14. The van der Waals surface area contributed by atoms with Crippen molar-refractivity contribution in [2.24, 2.45) is 0 Å².